The Morgan fingerprint density at radius 2 is 2.00 bits per heavy atom. The second-order valence-corrected chi connectivity index (χ2v) is 4.36. The van der Waals surface area contributed by atoms with Crippen LogP contribution in [-0.4, -0.2) is 11.2 Å². The molecule has 0 spiro atoms. The molecule has 1 fully saturated rings. The fourth-order valence-corrected chi connectivity index (χ4v) is 2.29. The molecule has 0 aliphatic heterocycles. The standard InChI is InChI=1S/C13H22O/c1-2-3-5-10-13(14)11-12-8-6-4-7-9-12/h12-14H,4-11H2,1H3. The molecule has 1 atom stereocenters. The normalized spacial score (nSPS) is 19.9. The van der Waals surface area contributed by atoms with Crippen LogP contribution in [0.4, 0.5) is 0 Å². The summed E-state index contributed by atoms with van der Waals surface area (Å²) in [5, 5.41) is 9.76. The van der Waals surface area contributed by atoms with E-state index in [2.05, 4.69) is 11.8 Å². The molecule has 1 unspecified atom stereocenters. The van der Waals surface area contributed by atoms with E-state index in [9.17, 15) is 5.11 Å². The van der Waals surface area contributed by atoms with E-state index in [-0.39, 0.29) is 6.10 Å². The minimum atomic E-state index is -0.112. The van der Waals surface area contributed by atoms with Crippen LogP contribution in [-0.2, 0) is 0 Å². The molecule has 1 nitrogen and oxygen atoms in total. The SMILES string of the molecule is CC#CCCC(O)CC1CCCCC1. The summed E-state index contributed by atoms with van der Waals surface area (Å²) in [6, 6.07) is 0. The molecule has 1 rings (SSSR count). The lowest BCUT2D eigenvalue weighted by Gasteiger charge is -2.23. The van der Waals surface area contributed by atoms with Crippen LogP contribution in [0.5, 0.6) is 0 Å². The highest BCUT2D eigenvalue weighted by Gasteiger charge is 2.16. The topological polar surface area (TPSA) is 20.2 Å². The van der Waals surface area contributed by atoms with Gasteiger partial charge in [0.25, 0.3) is 0 Å². The monoisotopic (exact) mass is 194 g/mol. The summed E-state index contributed by atoms with van der Waals surface area (Å²) in [5.74, 6) is 6.66. The van der Waals surface area contributed by atoms with Crippen LogP contribution in [0.25, 0.3) is 0 Å². The Kier molecular flexibility index (Phi) is 5.71. The maximum atomic E-state index is 9.76. The van der Waals surface area contributed by atoms with Crippen LogP contribution in [0.1, 0.15) is 58.3 Å². The quantitative estimate of drug-likeness (QED) is 0.682. The first-order valence-electron chi connectivity index (χ1n) is 5.90. The van der Waals surface area contributed by atoms with Gasteiger partial charge in [0, 0.05) is 6.42 Å². The van der Waals surface area contributed by atoms with E-state index in [1.54, 1.807) is 0 Å². The summed E-state index contributed by atoms with van der Waals surface area (Å²) in [5.41, 5.74) is 0. The van der Waals surface area contributed by atoms with Gasteiger partial charge >= 0.3 is 0 Å². The van der Waals surface area contributed by atoms with Gasteiger partial charge in [0.1, 0.15) is 0 Å². The van der Waals surface area contributed by atoms with Gasteiger partial charge in [-0.2, -0.15) is 0 Å². The van der Waals surface area contributed by atoms with Gasteiger partial charge in [0.2, 0.25) is 0 Å². The van der Waals surface area contributed by atoms with E-state index in [0.29, 0.717) is 0 Å². The van der Waals surface area contributed by atoms with Gasteiger partial charge < -0.3 is 5.11 Å². The number of hydrogen-bond donors (Lipinski definition) is 1. The highest BCUT2D eigenvalue weighted by atomic mass is 16.3. The summed E-state index contributed by atoms with van der Waals surface area (Å²) < 4.78 is 0. The predicted molar refractivity (Wildman–Crippen MR) is 59.9 cm³/mol. The van der Waals surface area contributed by atoms with Crippen molar-refractivity contribution in [2.24, 2.45) is 5.92 Å². The number of aliphatic hydroxyl groups excluding tert-OH is 1. The summed E-state index contributed by atoms with van der Waals surface area (Å²) in [7, 11) is 0. The molecule has 14 heavy (non-hydrogen) atoms. The van der Waals surface area contributed by atoms with Crippen LogP contribution >= 0.6 is 0 Å². The summed E-state index contributed by atoms with van der Waals surface area (Å²) >= 11 is 0. The van der Waals surface area contributed by atoms with E-state index in [4.69, 9.17) is 0 Å². The zero-order valence-electron chi connectivity index (χ0n) is 9.26. The molecule has 0 aromatic heterocycles. The zero-order valence-corrected chi connectivity index (χ0v) is 9.26. The summed E-state index contributed by atoms with van der Waals surface area (Å²) in [6.07, 6.45) is 9.39. The molecule has 0 radical (unpaired) electrons. The van der Waals surface area contributed by atoms with Gasteiger partial charge in [-0.05, 0) is 25.7 Å². The molecule has 0 heterocycles. The lowest BCUT2D eigenvalue weighted by atomic mass is 9.85. The maximum absolute atomic E-state index is 9.76. The van der Waals surface area contributed by atoms with E-state index in [1.165, 1.54) is 32.1 Å². The molecule has 0 amide bonds. The van der Waals surface area contributed by atoms with Gasteiger partial charge in [-0.1, -0.05) is 32.1 Å². The first kappa shape index (κ1) is 11.6. The van der Waals surface area contributed by atoms with Crippen LogP contribution < -0.4 is 0 Å². The van der Waals surface area contributed by atoms with Gasteiger partial charge in [-0.25, -0.2) is 0 Å². The molecule has 1 aliphatic carbocycles. The van der Waals surface area contributed by atoms with E-state index >= 15 is 0 Å². The van der Waals surface area contributed by atoms with E-state index in [1.807, 2.05) is 6.92 Å². The average Bonchev–Trinajstić information content (AvgIpc) is 2.20. The van der Waals surface area contributed by atoms with Crippen LogP contribution in [0, 0.1) is 17.8 Å². The van der Waals surface area contributed by atoms with Crippen molar-refractivity contribution >= 4 is 0 Å². The maximum Gasteiger partial charge on any atom is 0.0552 e. The minimum Gasteiger partial charge on any atom is -0.393 e. The van der Waals surface area contributed by atoms with Crippen molar-refractivity contribution in [3.63, 3.8) is 0 Å². The highest BCUT2D eigenvalue weighted by Crippen LogP contribution is 2.27. The Morgan fingerprint density at radius 3 is 2.64 bits per heavy atom. The van der Waals surface area contributed by atoms with E-state index in [0.717, 1.165) is 25.2 Å². The highest BCUT2D eigenvalue weighted by molar-refractivity contribution is 4.95. The Balaban J connectivity index is 2.10. The molecule has 1 N–H and O–H groups in total. The van der Waals surface area contributed by atoms with Crippen molar-refractivity contribution in [1.82, 2.24) is 0 Å². The largest absolute Gasteiger partial charge is 0.393 e. The molecular formula is C13H22O. The first-order chi connectivity index (χ1) is 6.83. The Labute approximate surface area is 87.9 Å². The third-order valence-corrected chi connectivity index (χ3v) is 3.11. The smallest absolute Gasteiger partial charge is 0.0552 e. The second-order valence-electron chi connectivity index (χ2n) is 4.36. The number of hydrogen-bond acceptors (Lipinski definition) is 1. The summed E-state index contributed by atoms with van der Waals surface area (Å²) in [4.78, 5) is 0. The molecule has 0 saturated heterocycles. The van der Waals surface area contributed by atoms with Gasteiger partial charge in [0.05, 0.1) is 6.10 Å². The van der Waals surface area contributed by atoms with Crippen molar-refractivity contribution < 1.29 is 5.11 Å². The number of aliphatic hydroxyl groups is 1. The third-order valence-electron chi connectivity index (χ3n) is 3.11. The van der Waals surface area contributed by atoms with Crippen LogP contribution in [0.2, 0.25) is 0 Å². The Bertz CT molecular complexity index is 193. The van der Waals surface area contributed by atoms with Crippen molar-refractivity contribution in [3.05, 3.63) is 0 Å². The van der Waals surface area contributed by atoms with Gasteiger partial charge in [-0.3, -0.25) is 0 Å². The van der Waals surface area contributed by atoms with E-state index < -0.39 is 0 Å². The molecule has 1 aliphatic rings. The minimum absolute atomic E-state index is 0.112. The molecular weight excluding hydrogens is 172 g/mol. The third kappa shape index (κ3) is 4.67. The number of rotatable bonds is 4. The lowest BCUT2D eigenvalue weighted by molar-refractivity contribution is 0.123. The van der Waals surface area contributed by atoms with Crippen molar-refractivity contribution in [2.75, 3.05) is 0 Å². The fraction of sp³-hybridized carbons (Fsp3) is 0.846. The lowest BCUT2D eigenvalue weighted by Crippen LogP contribution is -2.15. The molecule has 0 aromatic rings. The molecule has 0 bridgehead atoms. The second kappa shape index (κ2) is 6.90. The van der Waals surface area contributed by atoms with Gasteiger partial charge in [0.15, 0.2) is 0 Å². The predicted octanol–water partition coefficient (Wildman–Crippen LogP) is 3.12. The van der Waals surface area contributed by atoms with Crippen LogP contribution in [0.15, 0.2) is 0 Å². The molecule has 80 valence electrons. The van der Waals surface area contributed by atoms with Gasteiger partial charge in [-0.15, -0.1) is 11.8 Å². The van der Waals surface area contributed by atoms with Crippen molar-refractivity contribution in [1.29, 1.82) is 0 Å². The van der Waals surface area contributed by atoms with Crippen LogP contribution in [0.3, 0.4) is 0 Å². The van der Waals surface area contributed by atoms with Crippen molar-refractivity contribution in [2.45, 2.75) is 64.4 Å². The van der Waals surface area contributed by atoms with Crippen molar-refractivity contribution in [3.8, 4) is 11.8 Å². The molecule has 1 heteroatoms. The first-order valence-corrected chi connectivity index (χ1v) is 5.90. The molecule has 0 aromatic carbocycles. The Hall–Kier alpha value is -0.480. The summed E-state index contributed by atoms with van der Waals surface area (Å²) in [6.45, 7) is 1.85. The fourth-order valence-electron chi connectivity index (χ4n) is 2.29. The average molecular weight is 194 g/mol. The molecule has 1 saturated carbocycles. The Morgan fingerprint density at radius 1 is 1.29 bits per heavy atom. The zero-order chi connectivity index (χ0) is 10.2.